The molecule has 0 spiro atoms. The third kappa shape index (κ3) is 5.30. The summed E-state index contributed by atoms with van der Waals surface area (Å²) in [6.07, 6.45) is 7.15. The van der Waals surface area contributed by atoms with Gasteiger partial charge in [-0.25, -0.2) is 4.79 Å². The molecule has 4 heterocycles. The van der Waals surface area contributed by atoms with Gasteiger partial charge < -0.3 is 30.1 Å². The lowest BCUT2D eigenvalue weighted by molar-refractivity contribution is 0.0590. The van der Waals surface area contributed by atoms with Crippen LogP contribution in [0.2, 0.25) is 0 Å². The van der Waals surface area contributed by atoms with Crippen LogP contribution < -0.4 is 15.3 Å². The number of piperidine rings is 3. The minimum atomic E-state index is -0.295. The fourth-order valence-corrected chi connectivity index (χ4v) is 6.81. The van der Waals surface area contributed by atoms with Gasteiger partial charge in [0.15, 0.2) is 0 Å². The normalized spacial score (nSPS) is 21.5. The lowest BCUT2D eigenvalue weighted by atomic mass is 9.98. The molecule has 9 heteroatoms. The number of para-hydroxylation sites is 1. The highest BCUT2D eigenvalue weighted by Gasteiger charge is 2.34. The average Bonchev–Trinajstić information content (AvgIpc) is 3.01. The third-order valence-electron chi connectivity index (χ3n) is 8.98. The van der Waals surface area contributed by atoms with E-state index in [-0.39, 0.29) is 18.0 Å². The van der Waals surface area contributed by atoms with Crippen molar-refractivity contribution in [3.8, 4) is 0 Å². The van der Waals surface area contributed by atoms with Crippen molar-refractivity contribution in [2.45, 2.75) is 63.6 Å². The molecule has 39 heavy (non-hydrogen) atoms. The molecule has 0 saturated carbocycles. The highest BCUT2D eigenvalue weighted by Crippen LogP contribution is 2.35. The van der Waals surface area contributed by atoms with Gasteiger partial charge in [-0.3, -0.25) is 9.69 Å². The number of nitrogens with zero attached hydrogens (tertiary/aromatic N) is 4. The number of benzene rings is 2. The fraction of sp³-hybridized carbons (Fsp3) is 0.533. The highest BCUT2D eigenvalue weighted by atomic mass is 16.6. The van der Waals surface area contributed by atoms with Gasteiger partial charge >= 0.3 is 6.09 Å². The number of anilines is 3. The lowest BCUT2D eigenvalue weighted by Crippen LogP contribution is -2.49. The first-order valence-electron chi connectivity index (χ1n) is 14.5. The number of cyclic esters (lactones) is 1. The van der Waals surface area contributed by atoms with Crippen molar-refractivity contribution in [2.75, 3.05) is 54.5 Å². The Balaban J connectivity index is 1.08. The molecule has 0 unspecified atom stereocenters. The van der Waals surface area contributed by atoms with Crippen molar-refractivity contribution in [3.63, 3.8) is 0 Å². The summed E-state index contributed by atoms with van der Waals surface area (Å²) in [5, 5.41) is 12.0. The van der Waals surface area contributed by atoms with Gasteiger partial charge in [0.2, 0.25) is 0 Å². The first-order valence-corrected chi connectivity index (χ1v) is 14.5. The molecule has 0 aromatic heterocycles. The number of hydrogen-bond donors (Lipinski definition) is 1. The molecule has 0 bridgehead atoms. The van der Waals surface area contributed by atoms with E-state index in [9.17, 15) is 14.8 Å². The van der Waals surface area contributed by atoms with Crippen LogP contribution in [-0.4, -0.2) is 73.2 Å². The molecule has 2 amide bonds. The molecule has 4 aliphatic rings. The van der Waals surface area contributed by atoms with Crippen molar-refractivity contribution in [2.24, 2.45) is 0 Å². The monoisotopic (exact) mass is 532 g/mol. The molecule has 2 aromatic rings. The second kappa shape index (κ2) is 11.4. The Kier molecular flexibility index (Phi) is 7.61. The standard InChI is InChI=1S/C30H38N5O4/c36-29(34-18-10-24(11-19-34)32-14-4-1-5-15-32)22-8-9-28(26(20-22)31-38)33-16-12-25(13-17-33)35-27-7-3-2-6-23(27)21-39-30(35)37/h2-3,6-9,20,24-25,31H,1,4-5,10-19,21H2/q-1. The molecule has 4 aliphatic heterocycles. The van der Waals surface area contributed by atoms with E-state index in [0.717, 1.165) is 55.7 Å². The summed E-state index contributed by atoms with van der Waals surface area (Å²) in [6.45, 7) is 5.60. The number of carbonyl (C=O) groups is 2. The third-order valence-corrected chi connectivity index (χ3v) is 8.98. The SMILES string of the molecule is O=C(c1ccc(N2CCC(N3C(=O)OCc4ccccc43)CC2)c(N[O-])c1)N1CCC(N2CCCCC2)CC1. The van der Waals surface area contributed by atoms with Crippen molar-refractivity contribution in [1.82, 2.24) is 9.80 Å². The van der Waals surface area contributed by atoms with Crippen LogP contribution in [-0.2, 0) is 11.3 Å². The number of rotatable bonds is 5. The van der Waals surface area contributed by atoms with E-state index in [1.165, 1.54) is 32.4 Å². The van der Waals surface area contributed by atoms with Gasteiger partial charge in [-0.1, -0.05) is 24.6 Å². The van der Waals surface area contributed by atoms with E-state index >= 15 is 0 Å². The molecule has 9 nitrogen and oxygen atoms in total. The minimum absolute atomic E-state index is 0.00358. The second-order valence-electron chi connectivity index (χ2n) is 11.2. The number of carbonyl (C=O) groups excluding carboxylic acids is 2. The first kappa shape index (κ1) is 26.0. The van der Waals surface area contributed by atoms with Gasteiger partial charge in [0.25, 0.3) is 5.91 Å². The van der Waals surface area contributed by atoms with Crippen molar-refractivity contribution in [1.29, 1.82) is 0 Å². The van der Waals surface area contributed by atoms with Crippen LogP contribution in [0.4, 0.5) is 21.9 Å². The number of amides is 2. The van der Waals surface area contributed by atoms with E-state index in [2.05, 4.69) is 15.3 Å². The Hall–Kier alpha value is -3.30. The van der Waals surface area contributed by atoms with Gasteiger partial charge in [0.05, 0.1) is 11.4 Å². The zero-order chi connectivity index (χ0) is 26.8. The van der Waals surface area contributed by atoms with Crippen LogP contribution in [0.15, 0.2) is 42.5 Å². The summed E-state index contributed by atoms with van der Waals surface area (Å²) in [6, 6.07) is 13.9. The van der Waals surface area contributed by atoms with E-state index in [1.54, 1.807) is 11.0 Å². The Morgan fingerprint density at radius 2 is 1.56 bits per heavy atom. The van der Waals surface area contributed by atoms with Gasteiger partial charge in [-0.05, 0) is 75.9 Å². The van der Waals surface area contributed by atoms with E-state index in [0.29, 0.717) is 37.0 Å². The molecule has 2 aromatic carbocycles. The van der Waals surface area contributed by atoms with Gasteiger partial charge in [0.1, 0.15) is 6.61 Å². The summed E-state index contributed by atoms with van der Waals surface area (Å²) < 4.78 is 5.42. The topological polar surface area (TPSA) is 91.4 Å². The van der Waals surface area contributed by atoms with Crippen LogP contribution >= 0.6 is 0 Å². The molecule has 3 fully saturated rings. The summed E-state index contributed by atoms with van der Waals surface area (Å²) in [4.78, 5) is 34.4. The predicted molar refractivity (Wildman–Crippen MR) is 152 cm³/mol. The molecular formula is C30H38N5O4-. The Bertz CT molecular complexity index is 1180. The Morgan fingerprint density at radius 3 is 2.31 bits per heavy atom. The molecular weight excluding hydrogens is 494 g/mol. The zero-order valence-corrected chi connectivity index (χ0v) is 22.5. The van der Waals surface area contributed by atoms with Crippen LogP contribution in [0.5, 0.6) is 0 Å². The smallest absolute Gasteiger partial charge is 0.414 e. The Morgan fingerprint density at radius 1 is 0.846 bits per heavy atom. The molecule has 0 aliphatic carbocycles. The number of ether oxygens (including phenoxy) is 1. The number of likely N-dealkylation sites (tertiary alicyclic amines) is 2. The highest BCUT2D eigenvalue weighted by molar-refractivity contribution is 5.96. The molecule has 208 valence electrons. The first-order chi connectivity index (χ1) is 19.1. The minimum Gasteiger partial charge on any atom is -0.761 e. The van der Waals surface area contributed by atoms with Gasteiger partial charge in [-0.2, -0.15) is 0 Å². The van der Waals surface area contributed by atoms with Crippen LogP contribution in [0.3, 0.4) is 0 Å². The summed E-state index contributed by atoms with van der Waals surface area (Å²) in [5.74, 6) is -0.00358. The largest absolute Gasteiger partial charge is 0.761 e. The number of hydrogen-bond acceptors (Lipinski definition) is 7. The fourth-order valence-electron chi connectivity index (χ4n) is 6.81. The van der Waals surface area contributed by atoms with Crippen LogP contribution in [0.25, 0.3) is 0 Å². The van der Waals surface area contributed by atoms with Gasteiger partial charge in [0, 0.05) is 55.1 Å². The molecule has 1 N–H and O–H groups in total. The summed E-state index contributed by atoms with van der Waals surface area (Å²) in [5.41, 5.74) is 5.80. The predicted octanol–water partition coefficient (Wildman–Crippen LogP) is 4.81. The average molecular weight is 533 g/mol. The maximum atomic E-state index is 13.3. The second-order valence-corrected chi connectivity index (χ2v) is 11.2. The maximum absolute atomic E-state index is 13.3. The molecule has 0 radical (unpaired) electrons. The lowest BCUT2D eigenvalue weighted by Gasteiger charge is -2.41. The molecule has 0 atom stereocenters. The molecule has 6 rings (SSSR count). The van der Waals surface area contributed by atoms with E-state index in [1.807, 2.05) is 41.3 Å². The van der Waals surface area contributed by atoms with Crippen molar-refractivity contribution in [3.05, 3.63) is 58.8 Å². The van der Waals surface area contributed by atoms with Gasteiger partial charge in [-0.15, -0.1) is 0 Å². The molecule has 3 saturated heterocycles. The summed E-state index contributed by atoms with van der Waals surface area (Å²) in [7, 11) is 0. The van der Waals surface area contributed by atoms with E-state index in [4.69, 9.17) is 4.74 Å². The number of nitrogens with one attached hydrogen (secondary N) is 1. The van der Waals surface area contributed by atoms with Crippen LogP contribution in [0.1, 0.15) is 60.9 Å². The summed E-state index contributed by atoms with van der Waals surface area (Å²) >= 11 is 0. The van der Waals surface area contributed by atoms with Crippen molar-refractivity contribution < 1.29 is 14.3 Å². The maximum Gasteiger partial charge on any atom is 0.414 e. The van der Waals surface area contributed by atoms with Crippen molar-refractivity contribution >= 4 is 29.1 Å². The van der Waals surface area contributed by atoms with E-state index < -0.39 is 0 Å². The van der Waals surface area contributed by atoms with Crippen LogP contribution in [0, 0.1) is 5.21 Å². The number of fused-ring (bicyclic) bond motifs is 1. The Labute approximate surface area is 230 Å². The quantitative estimate of drug-likeness (QED) is 0.553. The zero-order valence-electron chi connectivity index (χ0n) is 22.5.